The van der Waals surface area contributed by atoms with Gasteiger partial charge in [-0.05, 0) is 61.7 Å². The monoisotopic (exact) mass is 369 g/mol. The van der Waals surface area contributed by atoms with E-state index in [0.717, 1.165) is 23.2 Å². The Labute approximate surface area is 160 Å². The number of anilines is 1. The number of nitrogens with one attached hydrogen (secondary N) is 2. The average Bonchev–Trinajstić information content (AvgIpc) is 2.66. The molecule has 0 aromatic heterocycles. The smallest absolute Gasteiger partial charge is 0.262 e. The van der Waals surface area contributed by atoms with Crippen molar-refractivity contribution >= 4 is 17.5 Å². The summed E-state index contributed by atoms with van der Waals surface area (Å²) in [6, 6.07) is 15.1. The number of benzene rings is 2. The Hall–Kier alpha value is -2.86. The van der Waals surface area contributed by atoms with Crippen LogP contribution >= 0.6 is 0 Å². The maximum Gasteiger partial charge on any atom is 0.262 e. The van der Waals surface area contributed by atoms with Crippen molar-refractivity contribution in [1.29, 1.82) is 0 Å². The summed E-state index contributed by atoms with van der Waals surface area (Å²) in [5.41, 5.74) is 8.31. The second kappa shape index (κ2) is 11.0. The molecule has 0 aliphatic heterocycles. The molecule has 2 rings (SSSR count). The third-order valence-corrected chi connectivity index (χ3v) is 3.94. The molecule has 0 aliphatic rings. The van der Waals surface area contributed by atoms with Crippen molar-refractivity contribution in [3.05, 3.63) is 59.7 Å². The van der Waals surface area contributed by atoms with Crippen molar-refractivity contribution in [1.82, 2.24) is 5.32 Å². The van der Waals surface area contributed by atoms with Crippen LogP contribution in [0.15, 0.2) is 48.5 Å². The van der Waals surface area contributed by atoms with E-state index in [2.05, 4.69) is 10.6 Å². The number of hydrogen-bond donors (Lipinski definition) is 3. The molecule has 144 valence electrons. The van der Waals surface area contributed by atoms with E-state index in [1.165, 1.54) is 0 Å². The summed E-state index contributed by atoms with van der Waals surface area (Å²) in [7, 11) is 0. The SMILES string of the molecule is Cc1cccc(NC(=O)COc2ccc(CCNC(=O)CCCN)cc2)c1. The predicted octanol–water partition coefficient (Wildman–Crippen LogP) is 2.41. The number of rotatable bonds is 10. The Morgan fingerprint density at radius 3 is 2.56 bits per heavy atom. The van der Waals surface area contributed by atoms with E-state index < -0.39 is 0 Å². The molecule has 4 N–H and O–H groups in total. The van der Waals surface area contributed by atoms with Crippen molar-refractivity contribution < 1.29 is 14.3 Å². The highest BCUT2D eigenvalue weighted by molar-refractivity contribution is 5.91. The summed E-state index contributed by atoms with van der Waals surface area (Å²) in [6.45, 7) is 3.03. The Bertz CT molecular complexity index is 745. The molecule has 0 bridgehead atoms. The van der Waals surface area contributed by atoms with Crippen molar-refractivity contribution in [2.24, 2.45) is 5.73 Å². The van der Waals surface area contributed by atoms with Gasteiger partial charge < -0.3 is 21.1 Å². The molecule has 2 aromatic rings. The largest absolute Gasteiger partial charge is 0.484 e. The van der Waals surface area contributed by atoms with Crippen molar-refractivity contribution in [2.75, 3.05) is 25.0 Å². The Morgan fingerprint density at radius 1 is 1.07 bits per heavy atom. The van der Waals surface area contributed by atoms with Crippen LogP contribution in [0.1, 0.15) is 24.0 Å². The Balaban J connectivity index is 1.70. The van der Waals surface area contributed by atoms with E-state index in [4.69, 9.17) is 10.5 Å². The van der Waals surface area contributed by atoms with Gasteiger partial charge in [-0.3, -0.25) is 9.59 Å². The minimum absolute atomic E-state index is 0.0278. The molecule has 27 heavy (non-hydrogen) atoms. The number of carbonyl (C=O) groups excluding carboxylic acids is 2. The van der Waals surface area contributed by atoms with E-state index in [1.54, 1.807) is 0 Å². The molecule has 0 aliphatic carbocycles. The molecule has 0 fully saturated rings. The van der Waals surface area contributed by atoms with Gasteiger partial charge in [0, 0.05) is 18.7 Å². The zero-order valence-electron chi connectivity index (χ0n) is 15.7. The van der Waals surface area contributed by atoms with Crippen LogP contribution in [0.3, 0.4) is 0 Å². The third-order valence-electron chi connectivity index (χ3n) is 3.94. The van der Waals surface area contributed by atoms with Gasteiger partial charge in [-0.15, -0.1) is 0 Å². The molecule has 0 saturated heterocycles. The molecule has 0 unspecified atom stereocenters. The number of aryl methyl sites for hydroxylation is 1. The molecule has 0 atom stereocenters. The molecule has 0 radical (unpaired) electrons. The van der Waals surface area contributed by atoms with Crippen LogP contribution in [0, 0.1) is 6.92 Å². The molecule has 2 aromatic carbocycles. The van der Waals surface area contributed by atoms with Crippen LogP contribution in [-0.2, 0) is 16.0 Å². The minimum Gasteiger partial charge on any atom is -0.484 e. The molecular weight excluding hydrogens is 342 g/mol. The molecule has 2 amide bonds. The number of hydrogen-bond acceptors (Lipinski definition) is 4. The lowest BCUT2D eigenvalue weighted by Crippen LogP contribution is -2.25. The van der Waals surface area contributed by atoms with Gasteiger partial charge >= 0.3 is 0 Å². The summed E-state index contributed by atoms with van der Waals surface area (Å²) >= 11 is 0. The maximum atomic E-state index is 12.0. The van der Waals surface area contributed by atoms with Crippen LogP contribution in [0.2, 0.25) is 0 Å². The first-order valence-corrected chi connectivity index (χ1v) is 9.12. The van der Waals surface area contributed by atoms with Gasteiger partial charge in [0.1, 0.15) is 5.75 Å². The van der Waals surface area contributed by atoms with Gasteiger partial charge in [0.2, 0.25) is 5.91 Å². The van der Waals surface area contributed by atoms with Crippen molar-refractivity contribution in [2.45, 2.75) is 26.2 Å². The lowest BCUT2D eigenvalue weighted by atomic mass is 10.1. The highest BCUT2D eigenvalue weighted by Crippen LogP contribution is 2.13. The molecular formula is C21H27N3O3. The third kappa shape index (κ3) is 7.92. The zero-order chi connectivity index (χ0) is 19.5. The van der Waals surface area contributed by atoms with E-state index in [-0.39, 0.29) is 18.4 Å². The summed E-state index contributed by atoms with van der Waals surface area (Å²) in [6.07, 6.45) is 1.91. The highest BCUT2D eigenvalue weighted by atomic mass is 16.5. The first kappa shape index (κ1) is 20.5. The first-order chi connectivity index (χ1) is 13.1. The van der Waals surface area contributed by atoms with Crippen molar-refractivity contribution in [3.8, 4) is 5.75 Å². The standard InChI is InChI=1S/C21H27N3O3/c1-16-4-2-5-18(14-16)24-21(26)15-27-19-9-7-17(8-10-19)11-13-23-20(25)6-3-12-22/h2,4-5,7-10,14H,3,6,11-13,15,22H2,1H3,(H,23,25)(H,24,26). The molecule has 0 heterocycles. The summed E-state index contributed by atoms with van der Waals surface area (Å²) in [5, 5.41) is 5.67. The maximum absolute atomic E-state index is 12.0. The van der Waals surface area contributed by atoms with E-state index in [0.29, 0.717) is 31.7 Å². The van der Waals surface area contributed by atoms with Crippen molar-refractivity contribution in [3.63, 3.8) is 0 Å². The van der Waals surface area contributed by atoms with E-state index in [9.17, 15) is 9.59 Å². The van der Waals surface area contributed by atoms with Gasteiger partial charge in [0.15, 0.2) is 6.61 Å². The van der Waals surface area contributed by atoms with Crippen LogP contribution in [0.5, 0.6) is 5.75 Å². The second-order valence-electron chi connectivity index (χ2n) is 6.34. The topological polar surface area (TPSA) is 93.5 Å². The summed E-state index contributed by atoms with van der Waals surface area (Å²) in [4.78, 5) is 23.5. The normalized spacial score (nSPS) is 10.3. The summed E-state index contributed by atoms with van der Waals surface area (Å²) < 4.78 is 5.52. The number of nitrogens with two attached hydrogens (primary N) is 1. The van der Waals surface area contributed by atoms with E-state index in [1.807, 2.05) is 55.5 Å². The zero-order valence-corrected chi connectivity index (χ0v) is 15.7. The average molecular weight is 369 g/mol. The molecule has 6 heteroatoms. The van der Waals surface area contributed by atoms with Gasteiger partial charge in [0.05, 0.1) is 0 Å². The predicted molar refractivity (Wildman–Crippen MR) is 107 cm³/mol. The highest BCUT2D eigenvalue weighted by Gasteiger charge is 2.05. The fourth-order valence-corrected chi connectivity index (χ4v) is 2.52. The van der Waals surface area contributed by atoms with Gasteiger partial charge in [-0.2, -0.15) is 0 Å². The fraction of sp³-hybridized carbons (Fsp3) is 0.333. The summed E-state index contributed by atoms with van der Waals surface area (Å²) in [5.74, 6) is 0.454. The van der Waals surface area contributed by atoms with Gasteiger partial charge in [-0.1, -0.05) is 24.3 Å². The lowest BCUT2D eigenvalue weighted by Gasteiger charge is -2.09. The lowest BCUT2D eigenvalue weighted by molar-refractivity contribution is -0.121. The Morgan fingerprint density at radius 2 is 1.85 bits per heavy atom. The Kier molecular flexibility index (Phi) is 8.32. The number of carbonyl (C=O) groups is 2. The van der Waals surface area contributed by atoms with Gasteiger partial charge in [-0.25, -0.2) is 0 Å². The van der Waals surface area contributed by atoms with Crippen LogP contribution in [-0.4, -0.2) is 31.5 Å². The van der Waals surface area contributed by atoms with E-state index >= 15 is 0 Å². The number of ether oxygens (including phenoxy) is 1. The van der Waals surface area contributed by atoms with Crippen LogP contribution in [0.25, 0.3) is 0 Å². The molecule has 0 saturated carbocycles. The number of amides is 2. The van der Waals surface area contributed by atoms with Crippen LogP contribution < -0.4 is 21.1 Å². The molecule has 6 nitrogen and oxygen atoms in total. The minimum atomic E-state index is -0.204. The molecule has 0 spiro atoms. The second-order valence-corrected chi connectivity index (χ2v) is 6.34. The quantitative estimate of drug-likeness (QED) is 0.599. The first-order valence-electron chi connectivity index (χ1n) is 9.12. The van der Waals surface area contributed by atoms with Gasteiger partial charge in [0.25, 0.3) is 5.91 Å². The fourth-order valence-electron chi connectivity index (χ4n) is 2.52. The van der Waals surface area contributed by atoms with Crippen LogP contribution in [0.4, 0.5) is 5.69 Å².